The van der Waals surface area contributed by atoms with E-state index in [9.17, 15) is 61.0 Å². The van der Waals surface area contributed by atoms with Gasteiger partial charge >= 0.3 is 0 Å². The van der Waals surface area contributed by atoms with Crippen molar-refractivity contribution in [2.75, 3.05) is 26.4 Å². The van der Waals surface area contributed by atoms with Gasteiger partial charge in [-0.25, -0.2) is 0 Å². The van der Waals surface area contributed by atoms with Crippen molar-refractivity contribution in [2.24, 2.45) is 0 Å². The van der Waals surface area contributed by atoms with Crippen molar-refractivity contribution < 1.29 is 89.4 Å². The number of amides is 1. The molecule has 3 saturated heterocycles. The smallest absolute Gasteiger partial charge is 0.220 e. The first-order valence-electron chi connectivity index (χ1n) is 36.3. The van der Waals surface area contributed by atoms with Gasteiger partial charge in [-0.2, -0.15) is 0 Å². The van der Waals surface area contributed by atoms with Gasteiger partial charge in [-0.1, -0.05) is 253 Å². The minimum absolute atomic E-state index is 0.184. The average Bonchev–Trinajstić information content (AvgIpc) is 1.48. The number of aliphatic hydroxyl groups is 11. The highest BCUT2D eigenvalue weighted by Crippen LogP contribution is 2.33. The van der Waals surface area contributed by atoms with Crippen molar-refractivity contribution in [3.05, 3.63) is 85.1 Å². The Kier molecular flexibility index (Phi) is 49.7. The molecule has 3 heterocycles. The van der Waals surface area contributed by atoms with Crippen molar-refractivity contribution in [3.63, 3.8) is 0 Å². The van der Waals surface area contributed by atoms with Crippen molar-refractivity contribution in [2.45, 2.75) is 349 Å². The molecule has 93 heavy (non-hydrogen) atoms. The van der Waals surface area contributed by atoms with E-state index in [1.807, 2.05) is 6.08 Å². The van der Waals surface area contributed by atoms with E-state index in [-0.39, 0.29) is 18.9 Å². The number of unbranched alkanes of at least 4 members (excludes halogenated alkanes) is 27. The molecule has 3 fully saturated rings. The molecule has 0 bridgehead atoms. The van der Waals surface area contributed by atoms with Crippen LogP contribution >= 0.6 is 0 Å². The molecule has 3 rings (SSSR count). The normalized spacial score (nSPS) is 28.0. The van der Waals surface area contributed by atoms with Crippen LogP contribution in [-0.2, 0) is 33.2 Å². The van der Waals surface area contributed by atoms with Gasteiger partial charge in [0, 0.05) is 6.42 Å². The second-order valence-corrected chi connectivity index (χ2v) is 25.7. The molecule has 1 amide bonds. The summed E-state index contributed by atoms with van der Waals surface area (Å²) in [6.07, 6.45) is 44.2. The molecule has 538 valence electrons. The first-order valence-corrected chi connectivity index (χ1v) is 36.3. The van der Waals surface area contributed by atoms with Crippen molar-refractivity contribution in [3.8, 4) is 0 Å². The van der Waals surface area contributed by atoms with E-state index in [4.69, 9.17) is 28.4 Å². The van der Waals surface area contributed by atoms with Crippen molar-refractivity contribution in [1.29, 1.82) is 0 Å². The van der Waals surface area contributed by atoms with Crippen LogP contribution in [0.2, 0.25) is 0 Å². The zero-order valence-electron chi connectivity index (χ0n) is 57.0. The fourth-order valence-corrected chi connectivity index (χ4v) is 11.8. The average molecular weight is 1320 g/mol. The van der Waals surface area contributed by atoms with Crippen LogP contribution in [0.15, 0.2) is 85.1 Å². The lowest BCUT2D eigenvalue weighted by molar-refractivity contribution is -0.379. The molecule has 0 aromatic heterocycles. The molecule has 19 nitrogen and oxygen atoms in total. The van der Waals surface area contributed by atoms with E-state index in [0.717, 1.165) is 77.0 Å². The van der Waals surface area contributed by atoms with Gasteiger partial charge in [-0.05, 0) is 70.6 Å². The molecule has 0 aromatic carbocycles. The summed E-state index contributed by atoms with van der Waals surface area (Å²) in [5.41, 5.74) is 0. The van der Waals surface area contributed by atoms with Gasteiger partial charge in [0.1, 0.15) is 73.2 Å². The van der Waals surface area contributed by atoms with Crippen LogP contribution in [-0.4, -0.2) is 193 Å². The second kappa shape index (κ2) is 54.9. The summed E-state index contributed by atoms with van der Waals surface area (Å²) >= 11 is 0. The summed E-state index contributed by atoms with van der Waals surface area (Å²) in [4.78, 5) is 13.4. The first kappa shape index (κ1) is 84.2. The molecule has 17 atom stereocenters. The van der Waals surface area contributed by atoms with Gasteiger partial charge in [-0.3, -0.25) is 4.79 Å². The third kappa shape index (κ3) is 36.4. The number of nitrogens with one attached hydrogen (secondary N) is 1. The van der Waals surface area contributed by atoms with E-state index in [1.54, 1.807) is 6.08 Å². The number of aliphatic hydroxyl groups excluding tert-OH is 11. The summed E-state index contributed by atoms with van der Waals surface area (Å²) in [5.74, 6) is -0.318. The SMILES string of the molecule is CC/C=C\C/C=C\C/C=C\C/C=C\C/C=C\C/C=C\CCCCC(=O)NC(COC1OC(CO)C(OC2OC(CO)C(OC3OC(CO)C(O)C(O)C3O)C(O)C2O)C(O)C1O)C(O)/C=C/CCCCCCCCCCCCCCCCCCCCCCCCCCC. The fraction of sp³-hybridized carbons (Fsp3) is 0.797. The van der Waals surface area contributed by atoms with Crippen LogP contribution in [0.5, 0.6) is 0 Å². The van der Waals surface area contributed by atoms with E-state index < -0.39 is 124 Å². The molecule has 3 aliphatic heterocycles. The quantitative estimate of drug-likeness (QED) is 0.0199. The Labute approximate surface area is 559 Å². The molecule has 3 aliphatic rings. The molecule has 0 saturated carbocycles. The lowest BCUT2D eigenvalue weighted by Crippen LogP contribution is -2.66. The first-order chi connectivity index (χ1) is 45.3. The number of hydrogen-bond donors (Lipinski definition) is 12. The monoisotopic (exact) mass is 1320 g/mol. The predicted molar refractivity (Wildman–Crippen MR) is 364 cm³/mol. The van der Waals surface area contributed by atoms with Gasteiger partial charge in [-0.15, -0.1) is 0 Å². The molecule has 0 aromatic rings. The van der Waals surface area contributed by atoms with Crippen LogP contribution < -0.4 is 5.32 Å². The van der Waals surface area contributed by atoms with E-state index in [0.29, 0.717) is 6.42 Å². The third-order valence-corrected chi connectivity index (χ3v) is 17.7. The van der Waals surface area contributed by atoms with Gasteiger partial charge < -0.3 is 89.9 Å². The number of hydrogen-bond acceptors (Lipinski definition) is 18. The summed E-state index contributed by atoms with van der Waals surface area (Å²) in [7, 11) is 0. The Morgan fingerprint density at radius 3 is 1.16 bits per heavy atom. The lowest BCUT2D eigenvalue weighted by Gasteiger charge is -2.48. The van der Waals surface area contributed by atoms with E-state index in [1.165, 1.54) is 141 Å². The molecular formula is C74H129NO18. The third-order valence-electron chi connectivity index (χ3n) is 17.7. The Bertz CT molecular complexity index is 2010. The molecule has 0 aliphatic carbocycles. The fourth-order valence-electron chi connectivity index (χ4n) is 11.8. The van der Waals surface area contributed by atoms with Gasteiger partial charge in [0.15, 0.2) is 18.9 Å². The molecule has 19 heteroatoms. The zero-order valence-corrected chi connectivity index (χ0v) is 57.0. The highest BCUT2D eigenvalue weighted by molar-refractivity contribution is 5.76. The second-order valence-electron chi connectivity index (χ2n) is 25.7. The van der Waals surface area contributed by atoms with Crippen LogP contribution in [0.4, 0.5) is 0 Å². The standard InChI is InChI=1S/C74H129NO18/c1-3-5-7-9-11-13-15-17-19-21-23-25-26-27-28-29-30-32-33-35-37-39-41-43-45-47-49-51-58(79)57(75-62(80)52-50-48-46-44-42-40-38-36-34-31-24-22-20-18-16-14-12-10-8-6-4-2)56-88-72-68(86)65(83)70(60(54-77)90-72)93-74-69(87)66(84)71(61(55-78)91-74)92-73-67(85)64(82)63(81)59(53-76)89-73/h6,8,12,14,18,20,24,31,36,38,42,44,49,51,57-61,63-74,76-79,81-87H,3-5,7,9-11,13,15-17,19,21-23,25-30,32-35,37,39-41,43,45-48,50,52-56H2,1-2H3,(H,75,80)/b8-6-,14-12-,20-18-,31-24-,38-36-,44-42-,51-49+. The summed E-state index contributed by atoms with van der Waals surface area (Å²) in [6.45, 7) is 1.60. The Hall–Kier alpha value is -3.03. The number of ether oxygens (including phenoxy) is 6. The van der Waals surface area contributed by atoms with E-state index >= 15 is 0 Å². The Morgan fingerprint density at radius 2 is 0.742 bits per heavy atom. The summed E-state index contributed by atoms with van der Waals surface area (Å²) < 4.78 is 34.3. The molecule has 0 spiro atoms. The maximum Gasteiger partial charge on any atom is 0.220 e. The Morgan fingerprint density at radius 1 is 0.398 bits per heavy atom. The minimum atomic E-state index is -1.99. The number of allylic oxidation sites excluding steroid dienone is 13. The summed E-state index contributed by atoms with van der Waals surface area (Å²) in [5, 5.41) is 121. The molecular weight excluding hydrogens is 1190 g/mol. The highest BCUT2D eigenvalue weighted by atomic mass is 16.8. The molecule has 12 N–H and O–H groups in total. The van der Waals surface area contributed by atoms with Crippen molar-refractivity contribution >= 4 is 5.91 Å². The lowest BCUT2D eigenvalue weighted by atomic mass is 9.96. The van der Waals surface area contributed by atoms with Gasteiger partial charge in [0.2, 0.25) is 5.91 Å². The Balaban J connectivity index is 1.44. The zero-order chi connectivity index (χ0) is 67.5. The van der Waals surface area contributed by atoms with Gasteiger partial charge in [0.05, 0.1) is 38.6 Å². The number of carbonyl (C=O) groups excluding carboxylic acids is 1. The van der Waals surface area contributed by atoms with E-state index in [2.05, 4.69) is 92.1 Å². The topological polar surface area (TPSA) is 307 Å². The maximum atomic E-state index is 13.4. The van der Waals surface area contributed by atoms with Crippen LogP contribution in [0, 0.1) is 0 Å². The van der Waals surface area contributed by atoms with Crippen LogP contribution in [0.3, 0.4) is 0 Å². The highest BCUT2D eigenvalue weighted by Gasteiger charge is 2.53. The largest absolute Gasteiger partial charge is 0.394 e. The van der Waals surface area contributed by atoms with Crippen LogP contribution in [0.25, 0.3) is 0 Å². The minimum Gasteiger partial charge on any atom is -0.394 e. The number of rotatable bonds is 55. The summed E-state index contributed by atoms with van der Waals surface area (Å²) in [6, 6.07) is -1.00. The van der Waals surface area contributed by atoms with Crippen LogP contribution in [0.1, 0.15) is 245 Å². The maximum absolute atomic E-state index is 13.4. The predicted octanol–water partition coefficient (Wildman–Crippen LogP) is 10.3. The van der Waals surface area contributed by atoms with Gasteiger partial charge in [0.25, 0.3) is 0 Å². The molecule has 0 radical (unpaired) electrons. The molecule has 17 unspecified atom stereocenters. The number of carbonyl (C=O) groups is 1. The van der Waals surface area contributed by atoms with Crippen molar-refractivity contribution in [1.82, 2.24) is 5.32 Å².